The Morgan fingerprint density at radius 3 is 2.28 bits per heavy atom. The molecule has 0 atom stereocenters. The van der Waals surface area contributed by atoms with Crippen LogP contribution in [0, 0.1) is 0 Å². The molecule has 1 heterocycles. The van der Waals surface area contributed by atoms with E-state index in [1.165, 1.54) is 11.4 Å². The zero-order chi connectivity index (χ0) is 22.7. The molecule has 32 heavy (non-hydrogen) atoms. The van der Waals surface area contributed by atoms with Gasteiger partial charge in [0.05, 0.1) is 24.6 Å². The van der Waals surface area contributed by atoms with Crippen LogP contribution < -0.4 is 15.0 Å². The van der Waals surface area contributed by atoms with E-state index in [1.54, 1.807) is 55.6 Å². The number of hydrogen-bond acceptors (Lipinski definition) is 5. The maximum absolute atomic E-state index is 13.6. The molecule has 1 aliphatic carbocycles. The number of methoxy groups -OCH3 is 2. The lowest BCUT2D eigenvalue weighted by Crippen LogP contribution is -2.42. The maximum Gasteiger partial charge on any atom is 0.252 e. The van der Waals surface area contributed by atoms with Gasteiger partial charge in [0, 0.05) is 29.6 Å². The number of fused-ring (bicyclic) bond motifs is 1. The molecule has 1 aliphatic rings. The van der Waals surface area contributed by atoms with E-state index in [2.05, 4.69) is 4.98 Å². The van der Waals surface area contributed by atoms with Gasteiger partial charge in [-0.25, -0.2) is 8.42 Å². The fraction of sp³-hybridized carbons (Fsp3) is 0.375. The summed E-state index contributed by atoms with van der Waals surface area (Å²) >= 11 is 0. The van der Waals surface area contributed by atoms with Gasteiger partial charge in [-0.15, -0.1) is 0 Å². The van der Waals surface area contributed by atoms with E-state index in [1.807, 2.05) is 0 Å². The van der Waals surface area contributed by atoms with Crippen LogP contribution in [0.3, 0.4) is 0 Å². The molecular formula is C24H28N2O5S. The summed E-state index contributed by atoms with van der Waals surface area (Å²) in [4.78, 5) is 16.0. The van der Waals surface area contributed by atoms with E-state index >= 15 is 0 Å². The van der Waals surface area contributed by atoms with E-state index in [9.17, 15) is 13.2 Å². The van der Waals surface area contributed by atoms with Gasteiger partial charge in [0.1, 0.15) is 0 Å². The van der Waals surface area contributed by atoms with Crippen molar-refractivity contribution >= 4 is 20.9 Å². The first kappa shape index (κ1) is 22.4. The Hall–Kier alpha value is -2.84. The fourth-order valence-corrected chi connectivity index (χ4v) is 6.06. The van der Waals surface area contributed by atoms with Crippen LogP contribution >= 0.6 is 0 Å². The molecule has 0 aliphatic heterocycles. The largest absolute Gasteiger partial charge is 0.493 e. The standard InChI is InChI=1S/C24H28N2O5S/c1-30-22-14-17-13-18(24(27)25-21(17)15-23(22)31-2)16-26(19-9-5-3-6-10-19)32(28,29)20-11-7-4-8-12-20/h4,7-8,11-15,19H,3,5-6,9-10,16H2,1-2H3,(H,25,27). The number of ether oxygens (including phenoxy) is 2. The first-order valence-corrected chi connectivity index (χ1v) is 12.2. The average molecular weight is 457 g/mol. The SMILES string of the molecule is COc1cc2cc(CN(C3CCCCC3)S(=O)(=O)c3ccccc3)c(=O)[nH]c2cc1OC. The minimum absolute atomic E-state index is 0.0154. The molecule has 3 aromatic rings. The van der Waals surface area contributed by atoms with Crippen molar-refractivity contribution in [1.29, 1.82) is 0 Å². The first-order chi connectivity index (χ1) is 15.4. The van der Waals surface area contributed by atoms with Crippen LogP contribution in [0.15, 0.2) is 58.2 Å². The van der Waals surface area contributed by atoms with E-state index in [0.717, 1.165) is 37.5 Å². The van der Waals surface area contributed by atoms with Gasteiger partial charge in [-0.1, -0.05) is 37.5 Å². The Morgan fingerprint density at radius 1 is 0.969 bits per heavy atom. The molecule has 170 valence electrons. The summed E-state index contributed by atoms with van der Waals surface area (Å²) in [5.74, 6) is 1.05. The molecule has 0 bridgehead atoms. The Morgan fingerprint density at radius 2 is 1.62 bits per heavy atom. The van der Waals surface area contributed by atoms with Crippen molar-refractivity contribution in [2.45, 2.75) is 49.6 Å². The minimum atomic E-state index is -3.76. The molecule has 0 amide bonds. The number of H-pyrrole nitrogens is 1. The van der Waals surface area contributed by atoms with E-state index in [4.69, 9.17) is 9.47 Å². The fourth-order valence-electron chi connectivity index (χ4n) is 4.37. The molecule has 1 fully saturated rings. The Balaban J connectivity index is 1.78. The van der Waals surface area contributed by atoms with Crippen LogP contribution in [0.1, 0.15) is 37.7 Å². The number of benzene rings is 2. The third-order valence-electron chi connectivity index (χ3n) is 6.08. The van der Waals surface area contributed by atoms with Crippen molar-refractivity contribution in [2.24, 2.45) is 0 Å². The highest BCUT2D eigenvalue weighted by molar-refractivity contribution is 7.89. The molecule has 0 unspecified atom stereocenters. The van der Waals surface area contributed by atoms with Crippen molar-refractivity contribution in [1.82, 2.24) is 9.29 Å². The summed E-state index contributed by atoms with van der Waals surface area (Å²) in [7, 11) is -0.673. The zero-order valence-electron chi connectivity index (χ0n) is 18.3. The van der Waals surface area contributed by atoms with Crippen LogP contribution in [-0.4, -0.2) is 38.0 Å². The summed E-state index contributed by atoms with van der Waals surface area (Å²) in [6.07, 6.45) is 4.66. The van der Waals surface area contributed by atoms with Crippen molar-refractivity contribution in [3.63, 3.8) is 0 Å². The summed E-state index contributed by atoms with van der Waals surface area (Å²) in [5, 5.41) is 0.748. The third-order valence-corrected chi connectivity index (χ3v) is 8.00. The lowest BCUT2D eigenvalue weighted by Gasteiger charge is -2.33. The highest BCUT2D eigenvalue weighted by Gasteiger charge is 2.33. The maximum atomic E-state index is 13.6. The Bertz CT molecular complexity index is 1250. The third kappa shape index (κ3) is 4.38. The van der Waals surface area contributed by atoms with Crippen molar-refractivity contribution in [3.05, 3.63) is 64.4 Å². The van der Waals surface area contributed by atoms with Crippen LogP contribution in [0.25, 0.3) is 10.9 Å². The second kappa shape index (κ2) is 9.34. The highest BCUT2D eigenvalue weighted by Crippen LogP contribution is 2.32. The number of pyridine rings is 1. The molecule has 1 saturated carbocycles. The quantitative estimate of drug-likeness (QED) is 0.579. The summed E-state index contributed by atoms with van der Waals surface area (Å²) in [6.45, 7) is 0.0154. The molecule has 0 radical (unpaired) electrons. The minimum Gasteiger partial charge on any atom is -0.493 e. The topological polar surface area (TPSA) is 88.7 Å². The highest BCUT2D eigenvalue weighted by atomic mass is 32.2. The van der Waals surface area contributed by atoms with Crippen LogP contribution in [-0.2, 0) is 16.6 Å². The van der Waals surface area contributed by atoms with Crippen LogP contribution in [0.4, 0.5) is 0 Å². The molecule has 7 nitrogen and oxygen atoms in total. The molecule has 0 saturated heterocycles. The normalized spacial score (nSPS) is 15.2. The van der Waals surface area contributed by atoms with E-state index in [-0.39, 0.29) is 23.0 Å². The Kier molecular flexibility index (Phi) is 6.53. The predicted octanol–water partition coefficient (Wildman–Crippen LogP) is 4.07. The lowest BCUT2D eigenvalue weighted by atomic mass is 9.95. The van der Waals surface area contributed by atoms with Crippen molar-refractivity contribution < 1.29 is 17.9 Å². The number of aromatic amines is 1. The first-order valence-electron chi connectivity index (χ1n) is 10.8. The van der Waals surface area contributed by atoms with Gasteiger partial charge in [-0.2, -0.15) is 4.31 Å². The van der Waals surface area contributed by atoms with Gasteiger partial charge in [-0.3, -0.25) is 4.79 Å². The summed E-state index contributed by atoms with van der Waals surface area (Å²) in [6, 6.07) is 13.5. The van der Waals surface area contributed by atoms with Gasteiger partial charge in [0.2, 0.25) is 10.0 Å². The number of nitrogens with one attached hydrogen (secondary N) is 1. The predicted molar refractivity (Wildman–Crippen MR) is 124 cm³/mol. The average Bonchev–Trinajstić information content (AvgIpc) is 2.82. The smallest absolute Gasteiger partial charge is 0.252 e. The molecule has 8 heteroatoms. The van der Waals surface area contributed by atoms with Gasteiger partial charge < -0.3 is 14.5 Å². The number of aromatic nitrogens is 1. The summed E-state index contributed by atoms with van der Waals surface area (Å²) < 4.78 is 39.4. The number of sulfonamides is 1. The van der Waals surface area contributed by atoms with Crippen LogP contribution in [0.5, 0.6) is 11.5 Å². The van der Waals surface area contributed by atoms with E-state index < -0.39 is 10.0 Å². The molecule has 1 N–H and O–H groups in total. The molecule has 1 aromatic heterocycles. The van der Waals surface area contributed by atoms with Crippen molar-refractivity contribution in [2.75, 3.05) is 14.2 Å². The van der Waals surface area contributed by atoms with Crippen LogP contribution in [0.2, 0.25) is 0 Å². The second-order valence-corrected chi connectivity index (χ2v) is 9.96. The van der Waals surface area contributed by atoms with Gasteiger partial charge in [0.25, 0.3) is 5.56 Å². The molecule has 2 aromatic carbocycles. The van der Waals surface area contributed by atoms with Gasteiger partial charge >= 0.3 is 0 Å². The second-order valence-electron chi connectivity index (χ2n) is 8.07. The van der Waals surface area contributed by atoms with Gasteiger partial charge in [0.15, 0.2) is 11.5 Å². The number of rotatable bonds is 7. The van der Waals surface area contributed by atoms with Crippen molar-refractivity contribution in [3.8, 4) is 11.5 Å². The monoisotopic (exact) mass is 456 g/mol. The number of nitrogens with zero attached hydrogens (tertiary/aromatic N) is 1. The number of hydrogen-bond donors (Lipinski definition) is 1. The summed E-state index contributed by atoms with van der Waals surface area (Å²) in [5.41, 5.74) is 0.690. The van der Waals surface area contributed by atoms with E-state index in [0.29, 0.717) is 22.6 Å². The van der Waals surface area contributed by atoms with Gasteiger partial charge in [-0.05, 0) is 37.1 Å². The zero-order valence-corrected chi connectivity index (χ0v) is 19.2. The molecule has 0 spiro atoms. The Labute approximate surface area is 188 Å². The molecular weight excluding hydrogens is 428 g/mol. The lowest BCUT2D eigenvalue weighted by molar-refractivity contribution is 0.247. The molecule has 4 rings (SSSR count).